The van der Waals surface area contributed by atoms with Crippen molar-refractivity contribution in [3.8, 4) is 0 Å². The van der Waals surface area contributed by atoms with Gasteiger partial charge in [0, 0.05) is 49.5 Å². The van der Waals surface area contributed by atoms with E-state index >= 15 is 0 Å². The van der Waals surface area contributed by atoms with Crippen molar-refractivity contribution in [2.75, 3.05) is 19.7 Å². The van der Waals surface area contributed by atoms with Crippen molar-refractivity contribution in [1.82, 2.24) is 15.2 Å². The van der Waals surface area contributed by atoms with Gasteiger partial charge in [-0.15, -0.1) is 0 Å². The third kappa shape index (κ3) is 2.86. The molecule has 3 rings (SSSR count). The van der Waals surface area contributed by atoms with Gasteiger partial charge in [-0.25, -0.2) is 0 Å². The minimum absolute atomic E-state index is 0.178. The lowest BCUT2D eigenvalue weighted by Gasteiger charge is -2.54. The molecule has 2 aliphatic rings. The first-order valence-electron chi connectivity index (χ1n) is 8.40. The molecule has 0 aromatic carbocycles. The summed E-state index contributed by atoms with van der Waals surface area (Å²) in [6, 6.07) is 4.54. The van der Waals surface area contributed by atoms with E-state index in [1.807, 2.05) is 12.1 Å². The summed E-state index contributed by atoms with van der Waals surface area (Å²) < 4.78 is 8.02. The molecule has 3 unspecified atom stereocenters. The predicted molar refractivity (Wildman–Crippen MR) is 89.0 cm³/mol. The fraction of sp³-hybridized carbons (Fsp3) is 0.706. The molecule has 2 N–H and O–H groups in total. The largest absolute Gasteiger partial charge is 0.377 e. The first-order chi connectivity index (χ1) is 10.6. The Morgan fingerprint density at radius 3 is 2.86 bits per heavy atom. The highest BCUT2D eigenvalue weighted by atomic mass is 16.5. The lowest BCUT2D eigenvalue weighted by molar-refractivity contribution is -0.106. The van der Waals surface area contributed by atoms with Crippen LogP contribution in [0.2, 0.25) is 0 Å². The summed E-state index contributed by atoms with van der Waals surface area (Å²) in [7, 11) is 0. The molecule has 0 bridgehead atoms. The van der Waals surface area contributed by atoms with E-state index in [-0.39, 0.29) is 5.41 Å². The summed E-state index contributed by atoms with van der Waals surface area (Å²) in [5.74, 6) is 1.56. The predicted octanol–water partition coefficient (Wildman–Crippen LogP) is 1.86. The number of nitrogens with zero attached hydrogens (tertiary/aromatic N) is 2. The van der Waals surface area contributed by atoms with Gasteiger partial charge in [0.25, 0.3) is 0 Å². The molecule has 1 saturated carbocycles. The molecule has 1 aromatic rings. The first kappa shape index (κ1) is 15.4. The maximum absolute atomic E-state index is 5.87. The molecule has 122 valence electrons. The van der Waals surface area contributed by atoms with E-state index in [0.29, 0.717) is 18.1 Å². The average molecular weight is 304 g/mol. The molecule has 2 fully saturated rings. The summed E-state index contributed by atoms with van der Waals surface area (Å²) >= 11 is 0. The summed E-state index contributed by atoms with van der Waals surface area (Å²) in [6.45, 7) is 10.2. The van der Waals surface area contributed by atoms with E-state index in [0.717, 1.165) is 38.6 Å². The zero-order valence-corrected chi connectivity index (χ0v) is 13.9. The Morgan fingerprint density at radius 2 is 2.14 bits per heavy atom. The maximum atomic E-state index is 5.87. The summed E-state index contributed by atoms with van der Waals surface area (Å²) in [6.07, 6.45) is 5.72. The second-order valence-corrected chi connectivity index (χ2v) is 6.87. The molecule has 22 heavy (non-hydrogen) atoms. The number of fused-ring (bicyclic) bond motifs is 1. The van der Waals surface area contributed by atoms with Crippen molar-refractivity contribution in [3.63, 3.8) is 0 Å². The van der Waals surface area contributed by atoms with Crippen LogP contribution in [0, 0.1) is 11.3 Å². The SMILES string of the molecule is CCNC(=NCCn1cccc1)NC1C2CCOC2C1(C)C. The minimum atomic E-state index is 0.178. The Morgan fingerprint density at radius 1 is 1.36 bits per heavy atom. The minimum Gasteiger partial charge on any atom is -0.377 e. The quantitative estimate of drug-likeness (QED) is 0.645. The Kier molecular flexibility index (Phi) is 4.43. The van der Waals surface area contributed by atoms with Gasteiger partial charge in [-0.3, -0.25) is 4.99 Å². The van der Waals surface area contributed by atoms with Gasteiger partial charge in [-0.1, -0.05) is 13.8 Å². The molecule has 0 spiro atoms. The van der Waals surface area contributed by atoms with Crippen LogP contribution in [0.5, 0.6) is 0 Å². The summed E-state index contributed by atoms with van der Waals surface area (Å²) in [4.78, 5) is 4.72. The van der Waals surface area contributed by atoms with Crippen molar-refractivity contribution in [1.29, 1.82) is 0 Å². The number of hydrogen-bond donors (Lipinski definition) is 2. The molecule has 5 heteroatoms. The van der Waals surface area contributed by atoms with Crippen molar-refractivity contribution in [2.45, 2.75) is 45.9 Å². The molecule has 0 amide bonds. The zero-order chi connectivity index (χ0) is 15.6. The van der Waals surface area contributed by atoms with E-state index in [9.17, 15) is 0 Å². The third-order valence-corrected chi connectivity index (χ3v) is 5.03. The lowest BCUT2D eigenvalue weighted by Crippen LogP contribution is -2.68. The van der Waals surface area contributed by atoms with Gasteiger partial charge in [-0.05, 0) is 25.5 Å². The fourth-order valence-electron chi connectivity index (χ4n) is 3.88. The van der Waals surface area contributed by atoms with Crippen LogP contribution in [-0.4, -0.2) is 42.4 Å². The Bertz CT molecular complexity index is 509. The van der Waals surface area contributed by atoms with Gasteiger partial charge < -0.3 is 19.9 Å². The maximum Gasteiger partial charge on any atom is 0.191 e. The van der Waals surface area contributed by atoms with Crippen LogP contribution < -0.4 is 10.6 Å². The Hall–Kier alpha value is -1.49. The smallest absolute Gasteiger partial charge is 0.191 e. The van der Waals surface area contributed by atoms with Crippen LogP contribution in [0.15, 0.2) is 29.5 Å². The second-order valence-electron chi connectivity index (χ2n) is 6.87. The van der Waals surface area contributed by atoms with Crippen LogP contribution in [-0.2, 0) is 11.3 Å². The van der Waals surface area contributed by atoms with Gasteiger partial charge >= 0.3 is 0 Å². The highest BCUT2D eigenvalue weighted by Gasteiger charge is 2.59. The normalized spacial score (nSPS) is 29.8. The molecule has 1 aliphatic heterocycles. The van der Waals surface area contributed by atoms with Gasteiger partial charge in [0.05, 0.1) is 12.6 Å². The van der Waals surface area contributed by atoms with Crippen LogP contribution in [0.3, 0.4) is 0 Å². The average Bonchev–Trinajstić information content (AvgIpc) is 3.14. The third-order valence-electron chi connectivity index (χ3n) is 5.03. The van der Waals surface area contributed by atoms with Crippen LogP contribution in [0.25, 0.3) is 0 Å². The van der Waals surface area contributed by atoms with Crippen LogP contribution in [0.4, 0.5) is 0 Å². The van der Waals surface area contributed by atoms with Gasteiger partial charge in [0.15, 0.2) is 5.96 Å². The summed E-state index contributed by atoms with van der Waals surface area (Å²) in [5.41, 5.74) is 0.178. The van der Waals surface area contributed by atoms with Gasteiger partial charge in [0.2, 0.25) is 0 Å². The van der Waals surface area contributed by atoms with Crippen molar-refractivity contribution >= 4 is 5.96 Å². The van der Waals surface area contributed by atoms with Crippen LogP contribution >= 0.6 is 0 Å². The monoisotopic (exact) mass is 304 g/mol. The molecule has 5 nitrogen and oxygen atoms in total. The zero-order valence-electron chi connectivity index (χ0n) is 13.9. The molecule has 1 aromatic heterocycles. The van der Waals surface area contributed by atoms with Crippen molar-refractivity contribution < 1.29 is 4.74 Å². The molecule has 0 radical (unpaired) electrons. The summed E-state index contributed by atoms with van der Waals surface area (Å²) in [5, 5.41) is 7.01. The topological polar surface area (TPSA) is 50.6 Å². The van der Waals surface area contributed by atoms with E-state index in [1.165, 1.54) is 0 Å². The van der Waals surface area contributed by atoms with E-state index in [1.54, 1.807) is 0 Å². The number of nitrogens with one attached hydrogen (secondary N) is 2. The number of guanidine groups is 1. The number of rotatable bonds is 5. The van der Waals surface area contributed by atoms with Gasteiger partial charge in [-0.2, -0.15) is 0 Å². The Balaban J connectivity index is 1.59. The lowest BCUT2D eigenvalue weighted by atomic mass is 9.57. The number of aromatic nitrogens is 1. The molecule has 1 saturated heterocycles. The molecule has 3 atom stereocenters. The first-order valence-corrected chi connectivity index (χ1v) is 8.40. The Labute approximate surface area is 133 Å². The standard InChI is InChI=1S/C17H28N4O/c1-4-18-16(19-8-11-21-9-5-6-10-21)20-14-13-7-12-22-15(13)17(14,2)3/h5-6,9-10,13-15H,4,7-8,11-12H2,1-3H3,(H2,18,19,20). The van der Waals surface area contributed by atoms with Crippen molar-refractivity contribution in [2.24, 2.45) is 16.3 Å². The van der Waals surface area contributed by atoms with Crippen LogP contribution in [0.1, 0.15) is 27.2 Å². The molecule has 2 heterocycles. The molecular formula is C17H28N4O. The van der Waals surface area contributed by atoms with E-state index in [4.69, 9.17) is 9.73 Å². The fourth-order valence-corrected chi connectivity index (χ4v) is 3.88. The highest BCUT2D eigenvalue weighted by molar-refractivity contribution is 5.80. The number of aliphatic imine (C=N–C) groups is 1. The van der Waals surface area contributed by atoms with Crippen molar-refractivity contribution in [3.05, 3.63) is 24.5 Å². The number of hydrogen-bond acceptors (Lipinski definition) is 2. The molecule has 1 aliphatic carbocycles. The molecular weight excluding hydrogens is 276 g/mol. The van der Waals surface area contributed by atoms with E-state index in [2.05, 4.69) is 48.4 Å². The van der Waals surface area contributed by atoms with E-state index < -0.39 is 0 Å². The van der Waals surface area contributed by atoms with Gasteiger partial charge in [0.1, 0.15) is 0 Å². The number of ether oxygens (including phenoxy) is 1. The highest BCUT2D eigenvalue weighted by Crippen LogP contribution is 2.52. The second kappa shape index (κ2) is 6.32.